The molecule has 0 spiro atoms. The highest BCUT2D eigenvalue weighted by Gasteiger charge is 2.13. The fourth-order valence-electron chi connectivity index (χ4n) is 0.846. The van der Waals surface area contributed by atoms with Gasteiger partial charge in [-0.3, -0.25) is 15.6 Å². The van der Waals surface area contributed by atoms with Gasteiger partial charge < -0.3 is 4.74 Å². The van der Waals surface area contributed by atoms with Crippen molar-refractivity contribution >= 4 is 29.3 Å². The number of aromatic nitrogens is 1. The Morgan fingerprint density at radius 1 is 1.50 bits per heavy atom. The standard InChI is InChI=1S/C9H10ClN3O3/c1-2-16-9(15)8(14)13-12-7-5-3-4-6(10)11-7/h3-5H,2H2,1H3,(H,11,12)(H,13,14). The molecule has 7 heteroatoms. The zero-order valence-corrected chi connectivity index (χ0v) is 9.25. The summed E-state index contributed by atoms with van der Waals surface area (Å²) in [5, 5.41) is 0.274. The van der Waals surface area contributed by atoms with Crippen LogP contribution < -0.4 is 10.9 Å². The van der Waals surface area contributed by atoms with Crippen molar-refractivity contribution in [2.45, 2.75) is 6.92 Å². The van der Waals surface area contributed by atoms with Crippen molar-refractivity contribution in [1.29, 1.82) is 0 Å². The third-order valence-electron chi connectivity index (χ3n) is 1.48. The second-order valence-electron chi connectivity index (χ2n) is 2.65. The van der Waals surface area contributed by atoms with Gasteiger partial charge in [0.15, 0.2) is 0 Å². The topological polar surface area (TPSA) is 80.3 Å². The summed E-state index contributed by atoms with van der Waals surface area (Å²) in [6, 6.07) is 4.81. The SMILES string of the molecule is CCOC(=O)C(=O)NNc1cccc(Cl)n1. The number of nitrogens with one attached hydrogen (secondary N) is 2. The zero-order valence-electron chi connectivity index (χ0n) is 8.49. The van der Waals surface area contributed by atoms with E-state index in [0.29, 0.717) is 5.82 Å². The average molecular weight is 244 g/mol. The predicted octanol–water partition coefficient (Wildman–Crippen LogP) is 0.741. The van der Waals surface area contributed by atoms with Gasteiger partial charge in [-0.25, -0.2) is 9.78 Å². The highest BCUT2D eigenvalue weighted by Crippen LogP contribution is 2.07. The lowest BCUT2D eigenvalue weighted by molar-refractivity contribution is -0.154. The quantitative estimate of drug-likeness (QED) is 0.354. The number of carbonyl (C=O) groups is 2. The Kier molecular flexibility index (Phi) is 4.53. The van der Waals surface area contributed by atoms with Crippen LogP contribution in [0.1, 0.15) is 6.92 Å². The molecule has 86 valence electrons. The smallest absolute Gasteiger partial charge is 0.398 e. The van der Waals surface area contributed by atoms with Crippen molar-refractivity contribution in [1.82, 2.24) is 10.4 Å². The molecule has 0 fully saturated rings. The van der Waals surface area contributed by atoms with Gasteiger partial charge in [0.2, 0.25) is 0 Å². The molecule has 0 aliphatic rings. The summed E-state index contributed by atoms with van der Waals surface area (Å²) in [6.07, 6.45) is 0. The summed E-state index contributed by atoms with van der Waals surface area (Å²) in [5.41, 5.74) is 4.55. The Hall–Kier alpha value is -1.82. The molecule has 0 saturated carbocycles. The molecule has 0 saturated heterocycles. The minimum absolute atomic E-state index is 0.141. The maximum Gasteiger partial charge on any atom is 0.398 e. The second-order valence-corrected chi connectivity index (χ2v) is 3.03. The molecule has 1 amide bonds. The Morgan fingerprint density at radius 2 is 2.25 bits per heavy atom. The van der Waals surface area contributed by atoms with E-state index in [-0.39, 0.29) is 11.8 Å². The van der Waals surface area contributed by atoms with Gasteiger partial charge in [-0.2, -0.15) is 0 Å². The third-order valence-corrected chi connectivity index (χ3v) is 1.69. The fourth-order valence-corrected chi connectivity index (χ4v) is 1.01. The number of esters is 1. The molecular formula is C9H10ClN3O3. The van der Waals surface area contributed by atoms with Gasteiger partial charge in [-0.05, 0) is 19.1 Å². The van der Waals surface area contributed by atoms with Crippen LogP contribution in [0.15, 0.2) is 18.2 Å². The summed E-state index contributed by atoms with van der Waals surface area (Å²) < 4.78 is 4.48. The van der Waals surface area contributed by atoms with Gasteiger partial charge in [-0.1, -0.05) is 17.7 Å². The molecule has 0 radical (unpaired) electrons. The molecule has 6 nitrogen and oxygen atoms in total. The molecule has 2 N–H and O–H groups in total. The van der Waals surface area contributed by atoms with Gasteiger partial charge >= 0.3 is 11.9 Å². The molecule has 0 aromatic carbocycles. The first kappa shape index (κ1) is 12.3. The largest absolute Gasteiger partial charge is 0.459 e. The number of carbonyl (C=O) groups excluding carboxylic acids is 2. The molecule has 16 heavy (non-hydrogen) atoms. The Morgan fingerprint density at radius 3 is 2.88 bits per heavy atom. The van der Waals surface area contributed by atoms with Crippen LogP contribution in [0.2, 0.25) is 5.15 Å². The van der Waals surface area contributed by atoms with Gasteiger partial charge in [0.1, 0.15) is 11.0 Å². The highest BCUT2D eigenvalue weighted by molar-refractivity contribution is 6.32. The maximum atomic E-state index is 11.1. The van der Waals surface area contributed by atoms with Crippen LogP contribution >= 0.6 is 11.6 Å². The molecular weight excluding hydrogens is 234 g/mol. The number of pyridine rings is 1. The van der Waals surface area contributed by atoms with E-state index in [1.165, 1.54) is 0 Å². The van der Waals surface area contributed by atoms with Crippen LogP contribution in [-0.2, 0) is 14.3 Å². The van der Waals surface area contributed by atoms with Gasteiger partial charge in [0, 0.05) is 0 Å². The summed E-state index contributed by atoms with van der Waals surface area (Å²) in [7, 11) is 0. The first-order valence-electron chi connectivity index (χ1n) is 4.49. The first-order chi connectivity index (χ1) is 7.63. The number of hydrogen-bond acceptors (Lipinski definition) is 5. The van der Waals surface area contributed by atoms with Crippen molar-refractivity contribution in [2.75, 3.05) is 12.0 Å². The molecule has 0 atom stereocenters. The minimum Gasteiger partial charge on any atom is -0.459 e. The summed E-state index contributed by atoms with van der Waals surface area (Å²) in [5.74, 6) is -1.54. The first-order valence-corrected chi connectivity index (χ1v) is 4.87. The number of rotatable bonds is 3. The van der Waals surface area contributed by atoms with Crippen molar-refractivity contribution in [2.24, 2.45) is 0 Å². The van der Waals surface area contributed by atoms with Crippen molar-refractivity contribution < 1.29 is 14.3 Å². The van der Waals surface area contributed by atoms with Crippen LogP contribution in [0, 0.1) is 0 Å². The van der Waals surface area contributed by atoms with E-state index in [0.717, 1.165) is 0 Å². The van der Waals surface area contributed by atoms with Gasteiger partial charge in [0.05, 0.1) is 6.61 Å². The predicted molar refractivity (Wildman–Crippen MR) is 57.6 cm³/mol. The van der Waals surface area contributed by atoms with E-state index in [2.05, 4.69) is 20.6 Å². The van der Waals surface area contributed by atoms with Crippen LogP contribution in [-0.4, -0.2) is 23.5 Å². The minimum atomic E-state index is -0.961. The monoisotopic (exact) mass is 243 g/mol. The zero-order chi connectivity index (χ0) is 12.0. The Labute approximate surface area is 96.9 Å². The number of hydrazine groups is 1. The number of hydrogen-bond donors (Lipinski definition) is 2. The number of amides is 1. The van der Waals surface area contributed by atoms with Crippen LogP contribution in [0.4, 0.5) is 5.82 Å². The summed E-state index contributed by atoms with van der Waals surface area (Å²) in [6.45, 7) is 1.75. The number of nitrogens with zero attached hydrogens (tertiary/aromatic N) is 1. The van der Waals surface area contributed by atoms with Crippen LogP contribution in [0.3, 0.4) is 0 Å². The van der Waals surface area contributed by atoms with Crippen LogP contribution in [0.25, 0.3) is 0 Å². The van der Waals surface area contributed by atoms with Crippen LogP contribution in [0.5, 0.6) is 0 Å². The normalized spacial score (nSPS) is 9.38. The molecule has 0 aliphatic heterocycles. The van der Waals surface area contributed by atoms with E-state index in [9.17, 15) is 9.59 Å². The van der Waals surface area contributed by atoms with E-state index in [4.69, 9.17) is 11.6 Å². The Bertz CT molecular complexity index is 397. The number of anilines is 1. The molecule has 1 rings (SSSR count). The lowest BCUT2D eigenvalue weighted by atomic mass is 10.5. The fraction of sp³-hybridized carbons (Fsp3) is 0.222. The summed E-state index contributed by atoms with van der Waals surface area (Å²) in [4.78, 5) is 25.8. The van der Waals surface area contributed by atoms with E-state index < -0.39 is 11.9 Å². The lowest BCUT2D eigenvalue weighted by Crippen LogP contribution is -2.36. The van der Waals surface area contributed by atoms with E-state index in [1.807, 2.05) is 0 Å². The van der Waals surface area contributed by atoms with Crippen molar-refractivity contribution in [3.63, 3.8) is 0 Å². The molecule has 0 unspecified atom stereocenters. The number of halogens is 1. The molecule has 1 aromatic rings. The average Bonchev–Trinajstić information content (AvgIpc) is 2.26. The summed E-state index contributed by atoms with van der Waals surface area (Å²) >= 11 is 5.62. The molecule has 1 heterocycles. The maximum absolute atomic E-state index is 11.1. The molecule has 0 aliphatic carbocycles. The van der Waals surface area contributed by atoms with E-state index >= 15 is 0 Å². The highest BCUT2D eigenvalue weighted by atomic mass is 35.5. The molecule has 0 bridgehead atoms. The second kappa shape index (κ2) is 5.92. The van der Waals surface area contributed by atoms with Crippen molar-refractivity contribution in [3.8, 4) is 0 Å². The lowest BCUT2D eigenvalue weighted by Gasteiger charge is -2.06. The van der Waals surface area contributed by atoms with Gasteiger partial charge in [-0.15, -0.1) is 0 Å². The van der Waals surface area contributed by atoms with Gasteiger partial charge in [0.25, 0.3) is 0 Å². The molecule has 1 aromatic heterocycles. The van der Waals surface area contributed by atoms with Crippen molar-refractivity contribution in [3.05, 3.63) is 23.4 Å². The third kappa shape index (κ3) is 3.74. The number of ether oxygens (including phenoxy) is 1. The Balaban J connectivity index is 2.46. The van der Waals surface area contributed by atoms with E-state index in [1.54, 1.807) is 25.1 Å².